The van der Waals surface area contributed by atoms with Crippen LogP contribution < -0.4 is 0 Å². The van der Waals surface area contributed by atoms with Crippen molar-refractivity contribution < 1.29 is 19.1 Å². The highest BCUT2D eigenvalue weighted by Gasteiger charge is 2.31. The monoisotopic (exact) mass is 260 g/mol. The van der Waals surface area contributed by atoms with Crippen molar-refractivity contribution >= 4 is 11.8 Å². The van der Waals surface area contributed by atoms with Crippen molar-refractivity contribution in [1.29, 1.82) is 0 Å². The molecule has 0 saturated heterocycles. The Hall–Kier alpha value is -1.14. The molecule has 0 heterocycles. The lowest BCUT2D eigenvalue weighted by Crippen LogP contribution is -2.55. The van der Waals surface area contributed by atoms with Crippen LogP contribution in [-0.4, -0.2) is 55.5 Å². The maximum absolute atomic E-state index is 11.7. The zero-order chi connectivity index (χ0) is 14.3. The summed E-state index contributed by atoms with van der Waals surface area (Å²) in [6.45, 7) is 7.10. The number of nitrogens with zero attached hydrogens (tertiary/aromatic N) is 2. The fraction of sp³-hybridized carbons (Fsp3) is 0.833. The van der Waals surface area contributed by atoms with Crippen molar-refractivity contribution in [2.24, 2.45) is 5.92 Å². The Morgan fingerprint density at radius 1 is 0.944 bits per heavy atom. The van der Waals surface area contributed by atoms with E-state index in [0.717, 1.165) is 0 Å². The van der Waals surface area contributed by atoms with Crippen LogP contribution in [0.3, 0.4) is 0 Å². The normalized spacial score (nSPS) is 10.9. The third-order valence-electron chi connectivity index (χ3n) is 2.58. The number of hydrogen-bond donors (Lipinski definition) is 0. The first kappa shape index (κ1) is 16.9. The van der Waals surface area contributed by atoms with Gasteiger partial charge in [0, 0.05) is 28.1 Å². The smallest absolute Gasteiger partial charge is 0.222 e. The zero-order valence-corrected chi connectivity index (χ0v) is 12.1. The fourth-order valence-electron chi connectivity index (χ4n) is 1.87. The maximum Gasteiger partial charge on any atom is 0.222 e. The molecule has 2 amide bonds. The van der Waals surface area contributed by atoms with Crippen LogP contribution in [0.25, 0.3) is 0 Å². The number of rotatable bonds is 7. The van der Waals surface area contributed by atoms with Gasteiger partial charge in [-0.25, -0.2) is 0 Å². The minimum absolute atomic E-state index is 0.0723. The minimum Gasteiger partial charge on any atom is -0.364 e. The summed E-state index contributed by atoms with van der Waals surface area (Å²) in [5.74, 6) is -0.209. The van der Waals surface area contributed by atoms with Gasteiger partial charge in [-0.15, -0.1) is 0 Å². The number of ether oxygens (including phenoxy) is 2. The average Bonchev–Trinajstić information content (AvgIpc) is 2.26. The maximum atomic E-state index is 11.7. The lowest BCUT2D eigenvalue weighted by Gasteiger charge is -2.40. The molecule has 0 bridgehead atoms. The van der Waals surface area contributed by atoms with Gasteiger partial charge in [-0.05, 0) is 5.92 Å². The predicted octanol–water partition coefficient (Wildman–Crippen LogP) is 0.873. The molecule has 0 rings (SSSR count). The van der Waals surface area contributed by atoms with Crippen LogP contribution >= 0.6 is 0 Å². The van der Waals surface area contributed by atoms with Crippen LogP contribution in [0, 0.1) is 5.92 Å². The molecule has 0 aromatic heterocycles. The van der Waals surface area contributed by atoms with E-state index in [2.05, 4.69) is 0 Å². The van der Waals surface area contributed by atoms with Crippen molar-refractivity contribution in [3.05, 3.63) is 0 Å². The molecular formula is C12H24N2O4. The van der Waals surface area contributed by atoms with E-state index in [1.54, 1.807) is 0 Å². The molecule has 0 aliphatic rings. The lowest BCUT2D eigenvalue weighted by atomic mass is 10.1. The topological polar surface area (TPSA) is 59.1 Å². The van der Waals surface area contributed by atoms with E-state index in [4.69, 9.17) is 9.47 Å². The summed E-state index contributed by atoms with van der Waals surface area (Å²) >= 11 is 0. The SMILES string of the molecule is COCN(C(C)=O)C(C(C)C)N(COC)C(C)=O. The third kappa shape index (κ3) is 4.62. The van der Waals surface area contributed by atoms with Gasteiger partial charge in [0.2, 0.25) is 11.8 Å². The first-order valence-electron chi connectivity index (χ1n) is 5.89. The van der Waals surface area contributed by atoms with Gasteiger partial charge in [0.05, 0.1) is 0 Å². The highest BCUT2D eigenvalue weighted by atomic mass is 16.5. The number of methoxy groups -OCH3 is 2. The molecule has 106 valence electrons. The second kappa shape index (κ2) is 8.05. The highest BCUT2D eigenvalue weighted by molar-refractivity contribution is 5.76. The predicted molar refractivity (Wildman–Crippen MR) is 67.4 cm³/mol. The molecule has 0 aromatic carbocycles. The molecule has 6 nitrogen and oxygen atoms in total. The largest absolute Gasteiger partial charge is 0.364 e. The molecular weight excluding hydrogens is 236 g/mol. The van der Waals surface area contributed by atoms with E-state index in [0.29, 0.717) is 0 Å². The van der Waals surface area contributed by atoms with Crippen LogP contribution in [0.2, 0.25) is 0 Å². The van der Waals surface area contributed by atoms with Gasteiger partial charge in [-0.1, -0.05) is 13.8 Å². The molecule has 6 heteroatoms. The Balaban J connectivity index is 5.21. The summed E-state index contributed by atoms with van der Waals surface area (Å²) in [5.41, 5.74) is 0. The number of hydrogen-bond acceptors (Lipinski definition) is 4. The molecule has 0 radical (unpaired) electrons. The molecule has 0 fully saturated rings. The van der Waals surface area contributed by atoms with Gasteiger partial charge in [0.25, 0.3) is 0 Å². The number of amides is 2. The summed E-state index contributed by atoms with van der Waals surface area (Å²) in [6, 6.07) is 0. The van der Waals surface area contributed by atoms with Gasteiger partial charge in [0.15, 0.2) is 0 Å². The van der Waals surface area contributed by atoms with E-state index in [-0.39, 0.29) is 37.4 Å². The molecule has 0 spiro atoms. The quantitative estimate of drug-likeness (QED) is 0.637. The number of carbonyl (C=O) groups is 2. The van der Waals surface area contributed by atoms with Crippen LogP contribution in [0.1, 0.15) is 27.7 Å². The van der Waals surface area contributed by atoms with Crippen LogP contribution in [0.15, 0.2) is 0 Å². The summed E-state index contributed by atoms with van der Waals surface area (Å²) in [4.78, 5) is 26.4. The van der Waals surface area contributed by atoms with Crippen molar-refractivity contribution in [3.63, 3.8) is 0 Å². The van der Waals surface area contributed by atoms with Crippen LogP contribution in [0.5, 0.6) is 0 Å². The van der Waals surface area contributed by atoms with Crippen LogP contribution in [-0.2, 0) is 19.1 Å². The molecule has 0 atom stereocenters. The van der Waals surface area contributed by atoms with Crippen molar-refractivity contribution in [2.45, 2.75) is 33.9 Å². The molecule has 0 saturated carbocycles. The summed E-state index contributed by atoms with van der Waals surface area (Å²) in [5, 5.41) is 0. The summed E-state index contributed by atoms with van der Waals surface area (Å²) < 4.78 is 10.1. The van der Waals surface area contributed by atoms with Gasteiger partial charge in [-0.3, -0.25) is 19.4 Å². The Morgan fingerprint density at radius 3 is 1.44 bits per heavy atom. The molecule has 0 aliphatic heterocycles. The van der Waals surface area contributed by atoms with Gasteiger partial charge < -0.3 is 9.47 Å². The molecule has 0 aliphatic carbocycles. The Morgan fingerprint density at radius 2 is 1.28 bits per heavy atom. The van der Waals surface area contributed by atoms with E-state index in [1.165, 1.54) is 37.9 Å². The first-order valence-corrected chi connectivity index (χ1v) is 5.89. The summed E-state index contributed by atoms with van der Waals surface area (Å²) in [6.07, 6.45) is -0.375. The average molecular weight is 260 g/mol. The van der Waals surface area contributed by atoms with Gasteiger partial charge >= 0.3 is 0 Å². The van der Waals surface area contributed by atoms with Gasteiger partial charge in [-0.2, -0.15) is 0 Å². The third-order valence-corrected chi connectivity index (χ3v) is 2.58. The van der Waals surface area contributed by atoms with E-state index in [1.807, 2.05) is 13.8 Å². The van der Waals surface area contributed by atoms with E-state index in [9.17, 15) is 9.59 Å². The first-order chi connectivity index (χ1) is 8.36. The standard InChI is InChI=1S/C12H24N2O4/c1-9(2)12(13(7-17-5)10(3)15)14(8-18-6)11(4)16/h9,12H,7-8H2,1-6H3. The summed E-state index contributed by atoms with van der Waals surface area (Å²) in [7, 11) is 3.03. The van der Waals surface area contributed by atoms with Gasteiger partial charge in [0.1, 0.15) is 19.6 Å². The number of carbonyl (C=O) groups excluding carboxylic acids is 2. The molecule has 0 N–H and O–H groups in total. The molecule has 18 heavy (non-hydrogen) atoms. The van der Waals surface area contributed by atoms with E-state index < -0.39 is 0 Å². The fourth-order valence-corrected chi connectivity index (χ4v) is 1.87. The van der Waals surface area contributed by atoms with Crippen LogP contribution in [0.4, 0.5) is 0 Å². The zero-order valence-electron chi connectivity index (χ0n) is 12.1. The highest BCUT2D eigenvalue weighted by Crippen LogP contribution is 2.16. The Labute approximate surface area is 109 Å². The van der Waals surface area contributed by atoms with Crippen molar-refractivity contribution in [3.8, 4) is 0 Å². The molecule has 0 unspecified atom stereocenters. The van der Waals surface area contributed by atoms with Crippen molar-refractivity contribution in [2.75, 3.05) is 27.7 Å². The minimum atomic E-state index is -0.375. The Bertz CT molecular complexity index is 257. The van der Waals surface area contributed by atoms with Crippen molar-refractivity contribution in [1.82, 2.24) is 9.80 Å². The lowest BCUT2D eigenvalue weighted by molar-refractivity contribution is -0.159. The molecule has 0 aromatic rings. The second-order valence-corrected chi connectivity index (χ2v) is 4.47. The van der Waals surface area contributed by atoms with E-state index >= 15 is 0 Å². The second-order valence-electron chi connectivity index (χ2n) is 4.47. The Kier molecular flexibility index (Phi) is 7.54.